The summed E-state index contributed by atoms with van der Waals surface area (Å²) in [5.74, 6) is 0.658. The van der Waals surface area contributed by atoms with E-state index in [2.05, 4.69) is 16.4 Å². The molecule has 0 spiro atoms. The molecule has 1 N–H and O–H groups in total. The first-order valence-corrected chi connectivity index (χ1v) is 8.10. The number of anilines is 1. The summed E-state index contributed by atoms with van der Waals surface area (Å²) in [6, 6.07) is 8.26. The van der Waals surface area contributed by atoms with Crippen LogP contribution in [0.1, 0.15) is 24.8 Å². The van der Waals surface area contributed by atoms with E-state index in [1.54, 1.807) is 6.07 Å². The van der Waals surface area contributed by atoms with Crippen molar-refractivity contribution in [1.29, 1.82) is 5.26 Å². The van der Waals surface area contributed by atoms with Gasteiger partial charge in [-0.2, -0.15) is 5.26 Å². The van der Waals surface area contributed by atoms with E-state index in [4.69, 9.17) is 0 Å². The molecule has 2 heterocycles. The summed E-state index contributed by atoms with van der Waals surface area (Å²) in [6.07, 6.45) is 2.56. The Labute approximate surface area is 143 Å². The molecule has 1 aromatic carbocycles. The minimum absolute atomic E-state index is 0.0392. The molecule has 4 rings (SSSR count). The number of amides is 1. The first-order valence-electron chi connectivity index (χ1n) is 8.10. The van der Waals surface area contributed by atoms with E-state index in [0.717, 1.165) is 12.8 Å². The molecule has 1 unspecified atom stereocenters. The first kappa shape index (κ1) is 15.3. The minimum Gasteiger partial charge on any atom is -0.365 e. The molecule has 0 radical (unpaired) electrons. The maximum absolute atomic E-state index is 12.0. The number of non-ortho nitro benzene ring substituents is 1. The van der Waals surface area contributed by atoms with Gasteiger partial charge in [-0.3, -0.25) is 14.9 Å². The van der Waals surface area contributed by atoms with Crippen molar-refractivity contribution in [2.24, 2.45) is 0 Å². The van der Waals surface area contributed by atoms with Gasteiger partial charge in [0.25, 0.3) is 5.69 Å². The lowest BCUT2D eigenvalue weighted by atomic mass is 10.1. The Kier molecular flexibility index (Phi) is 3.50. The minimum atomic E-state index is -0.497. The van der Waals surface area contributed by atoms with E-state index in [0.29, 0.717) is 41.3 Å². The Hall–Kier alpha value is -3.21. The van der Waals surface area contributed by atoms with Crippen molar-refractivity contribution in [3.63, 3.8) is 0 Å². The predicted molar refractivity (Wildman–Crippen MR) is 89.9 cm³/mol. The Balaban J connectivity index is 1.62. The normalized spacial score (nSPS) is 19.9. The van der Waals surface area contributed by atoms with Gasteiger partial charge in [-0.05, 0) is 25.0 Å². The van der Waals surface area contributed by atoms with Gasteiger partial charge in [-0.25, -0.2) is 4.98 Å². The molecule has 1 saturated carbocycles. The van der Waals surface area contributed by atoms with Crippen LogP contribution in [0.4, 0.5) is 11.5 Å². The number of carbonyl (C=O) groups excluding carboxylic acids is 1. The Bertz CT molecular complexity index is 932. The second-order valence-electron chi connectivity index (χ2n) is 6.45. The topological polar surface area (TPSA) is 112 Å². The van der Waals surface area contributed by atoms with Crippen LogP contribution in [-0.2, 0) is 4.79 Å². The van der Waals surface area contributed by atoms with E-state index in [-0.39, 0.29) is 17.6 Å². The van der Waals surface area contributed by atoms with Crippen molar-refractivity contribution in [3.05, 3.63) is 39.9 Å². The van der Waals surface area contributed by atoms with Crippen LogP contribution in [0.5, 0.6) is 0 Å². The maximum Gasteiger partial charge on any atom is 0.270 e. The third kappa shape index (κ3) is 2.85. The van der Waals surface area contributed by atoms with E-state index >= 15 is 0 Å². The van der Waals surface area contributed by atoms with Gasteiger partial charge in [-0.15, -0.1) is 0 Å². The molecule has 8 nitrogen and oxygen atoms in total. The molecule has 1 aromatic heterocycles. The third-order valence-electron chi connectivity index (χ3n) is 4.62. The molecule has 2 fully saturated rings. The van der Waals surface area contributed by atoms with Crippen LogP contribution in [0.15, 0.2) is 24.3 Å². The van der Waals surface area contributed by atoms with Gasteiger partial charge in [0.1, 0.15) is 5.82 Å². The first-order chi connectivity index (χ1) is 12.0. The van der Waals surface area contributed by atoms with E-state index < -0.39 is 4.92 Å². The fraction of sp³-hybridized carbons (Fsp3) is 0.353. The highest BCUT2D eigenvalue weighted by molar-refractivity contribution is 5.88. The number of hydrogen-bond acceptors (Lipinski definition) is 6. The van der Waals surface area contributed by atoms with E-state index in [9.17, 15) is 20.2 Å². The van der Waals surface area contributed by atoms with Gasteiger partial charge in [0.15, 0.2) is 0 Å². The van der Waals surface area contributed by atoms with Gasteiger partial charge < -0.3 is 10.2 Å². The number of fused-ring (bicyclic) bond motifs is 1. The summed E-state index contributed by atoms with van der Waals surface area (Å²) in [5, 5.41) is 24.0. The van der Waals surface area contributed by atoms with Gasteiger partial charge in [-0.1, -0.05) is 0 Å². The van der Waals surface area contributed by atoms with Crippen molar-refractivity contribution >= 4 is 28.3 Å². The molecule has 1 atom stereocenters. The largest absolute Gasteiger partial charge is 0.365 e. The summed E-state index contributed by atoms with van der Waals surface area (Å²) in [4.78, 5) is 28.8. The fourth-order valence-electron chi connectivity index (χ4n) is 3.27. The molecular formula is C17H15N5O3. The zero-order valence-electron chi connectivity index (χ0n) is 13.3. The SMILES string of the molecule is N#Cc1cc(NC2CC(=O)N(C3CC3)C2)nc2ccc([N+](=O)[O-])cc12. The number of nitriles is 1. The van der Waals surface area contributed by atoms with E-state index in [1.165, 1.54) is 18.2 Å². The summed E-state index contributed by atoms with van der Waals surface area (Å²) < 4.78 is 0. The van der Waals surface area contributed by atoms with Crippen molar-refractivity contribution in [3.8, 4) is 6.07 Å². The molecular weight excluding hydrogens is 322 g/mol. The van der Waals surface area contributed by atoms with Gasteiger partial charge in [0.05, 0.1) is 28.1 Å². The highest BCUT2D eigenvalue weighted by atomic mass is 16.6. The van der Waals surface area contributed by atoms with Gasteiger partial charge in [0.2, 0.25) is 5.91 Å². The van der Waals surface area contributed by atoms with Crippen LogP contribution in [-0.4, -0.2) is 39.3 Å². The zero-order chi connectivity index (χ0) is 17.6. The Morgan fingerprint density at radius 2 is 2.16 bits per heavy atom. The highest BCUT2D eigenvalue weighted by Gasteiger charge is 2.39. The molecule has 1 aliphatic heterocycles. The number of benzene rings is 1. The molecule has 25 heavy (non-hydrogen) atoms. The lowest BCUT2D eigenvalue weighted by Gasteiger charge is -2.16. The number of hydrogen-bond donors (Lipinski definition) is 1. The van der Waals surface area contributed by atoms with Crippen LogP contribution >= 0.6 is 0 Å². The predicted octanol–water partition coefficient (Wildman–Crippen LogP) is 2.19. The van der Waals surface area contributed by atoms with Crippen LogP contribution in [0.2, 0.25) is 0 Å². The average Bonchev–Trinajstić information content (AvgIpc) is 3.37. The van der Waals surface area contributed by atoms with Crippen molar-refractivity contribution in [2.45, 2.75) is 31.3 Å². The fourth-order valence-corrected chi connectivity index (χ4v) is 3.27. The molecule has 2 aliphatic rings. The third-order valence-corrected chi connectivity index (χ3v) is 4.62. The number of aromatic nitrogens is 1. The standard InChI is InChI=1S/C17H15N5O3/c18-8-10-5-16(19-11-6-17(23)21(9-11)12-1-2-12)20-15-4-3-13(22(24)25)7-14(10)15/h3-5,7,11-12H,1-2,6,9H2,(H,19,20). The lowest BCUT2D eigenvalue weighted by molar-refractivity contribution is -0.384. The monoisotopic (exact) mass is 337 g/mol. The molecule has 126 valence electrons. The Morgan fingerprint density at radius 3 is 2.84 bits per heavy atom. The number of pyridine rings is 1. The van der Waals surface area contributed by atoms with Crippen molar-refractivity contribution < 1.29 is 9.72 Å². The summed E-state index contributed by atoms with van der Waals surface area (Å²) in [6.45, 7) is 0.644. The van der Waals surface area contributed by atoms with Gasteiger partial charge >= 0.3 is 0 Å². The van der Waals surface area contributed by atoms with Gasteiger partial charge in [0, 0.05) is 36.5 Å². The molecule has 1 saturated heterocycles. The lowest BCUT2D eigenvalue weighted by Crippen LogP contribution is -2.29. The quantitative estimate of drug-likeness (QED) is 0.676. The molecule has 2 aromatic rings. The molecule has 1 amide bonds. The number of nitrogens with one attached hydrogen (secondary N) is 1. The van der Waals surface area contributed by atoms with Crippen LogP contribution in [0.3, 0.4) is 0 Å². The van der Waals surface area contributed by atoms with Crippen molar-refractivity contribution in [1.82, 2.24) is 9.88 Å². The smallest absolute Gasteiger partial charge is 0.270 e. The van der Waals surface area contributed by atoms with Crippen molar-refractivity contribution in [2.75, 3.05) is 11.9 Å². The molecule has 8 heteroatoms. The number of nitro groups is 1. The number of nitro benzene ring substituents is 1. The van der Waals surface area contributed by atoms with Crippen LogP contribution < -0.4 is 5.32 Å². The number of likely N-dealkylation sites (tertiary alicyclic amines) is 1. The average molecular weight is 337 g/mol. The number of nitrogens with zero attached hydrogens (tertiary/aromatic N) is 4. The second kappa shape index (κ2) is 5.70. The highest BCUT2D eigenvalue weighted by Crippen LogP contribution is 2.32. The summed E-state index contributed by atoms with van der Waals surface area (Å²) in [5.41, 5.74) is 0.753. The summed E-state index contributed by atoms with van der Waals surface area (Å²) in [7, 11) is 0. The zero-order valence-corrected chi connectivity index (χ0v) is 13.3. The second-order valence-corrected chi connectivity index (χ2v) is 6.45. The molecule has 1 aliphatic carbocycles. The molecule has 0 bridgehead atoms. The number of carbonyl (C=O) groups is 1. The Morgan fingerprint density at radius 1 is 1.36 bits per heavy atom. The maximum atomic E-state index is 12.0. The van der Waals surface area contributed by atoms with Crippen LogP contribution in [0.25, 0.3) is 10.9 Å². The van der Waals surface area contributed by atoms with Crippen LogP contribution in [0, 0.1) is 21.4 Å². The summed E-state index contributed by atoms with van der Waals surface area (Å²) >= 11 is 0. The number of rotatable bonds is 4. The van der Waals surface area contributed by atoms with E-state index in [1.807, 2.05) is 4.90 Å².